The monoisotopic (exact) mass is 328 g/mol. The zero-order valence-electron chi connectivity index (χ0n) is 15.2. The maximum atomic E-state index is 12.8. The normalized spacial score (nSPS) is 17.7. The molecule has 1 aromatic carbocycles. The Labute approximate surface area is 144 Å². The summed E-state index contributed by atoms with van der Waals surface area (Å²) in [6, 6.07) is 5.59. The summed E-state index contributed by atoms with van der Waals surface area (Å²) in [5.74, 6) is -0.0688. The highest BCUT2D eigenvalue weighted by molar-refractivity contribution is 5.98. The van der Waals surface area contributed by atoms with Crippen LogP contribution in [0.15, 0.2) is 30.9 Å². The van der Waals surface area contributed by atoms with E-state index in [0.717, 1.165) is 23.2 Å². The van der Waals surface area contributed by atoms with Crippen molar-refractivity contribution in [3.63, 3.8) is 0 Å². The Morgan fingerprint density at radius 2 is 1.92 bits per heavy atom. The number of carbonyl (C=O) groups is 2. The largest absolute Gasteiger partial charge is 0.330 e. The number of amides is 2. The molecule has 130 valence electrons. The summed E-state index contributed by atoms with van der Waals surface area (Å²) in [4.78, 5) is 27.3. The molecule has 4 nitrogen and oxygen atoms in total. The smallest absolute Gasteiger partial charge is 0.247 e. The molecule has 1 heterocycles. The summed E-state index contributed by atoms with van der Waals surface area (Å²) in [7, 11) is 0. The molecule has 4 heteroatoms. The van der Waals surface area contributed by atoms with Crippen molar-refractivity contribution < 1.29 is 9.59 Å². The van der Waals surface area contributed by atoms with Crippen molar-refractivity contribution in [1.29, 1.82) is 0 Å². The van der Waals surface area contributed by atoms with Crippen molar-refractivity contribution in [3.8, 4) is 0 Å². The average molecular weight is 328 g/mol. The Hall–Kier alpha value is -2.10. The van der Waals surface area contributed by atoms with Crippen LogP contribution in [0.3, 0.4) is 0 Å². The lowest BCUT2D eigenvalue weighted by Crippen LogP contribution is -2.48. The molecule has 0 aliphatic carbocycles. The van der Waals surface area contributed by atoms with Gasteiger partial charge in [0.1, 0.15) is 6.04 Å². The highest BCUT2D eigenvalue weighted by atomic mass is 16.2. The second-order valence-electron chi connectivity index (χ2n) is 7.40. The summed E-state index contributed by atoms with van der Waals surface area (Å²) in [5, 5.41) is 2.98. The number of anilines is 1. The van der Waals surface area contributed by atoms with Crippen LogP contribution >= 0.6 is 0 Å². The molecule has 2 rings (SSSR count). The lowest BCUT2D eigenvalue weighted by molar-refractivity contribution is -0.144. The molecule has 1 N–H and O–H groups in total. The number of carbonyl (C=O) groups excluding carboxylic acids is 2. The van der Waals surface area contributed by atoms with Gasteiger partial charge in [-0.3, -0.25) is 9.59 Å². The Balaban J connectivity index is 2.13. The Morgan fingerprint density at radius 1 is 1.29 bits per heavy atom. The van der Waals surface area contributed by atoms with Crippen LogP contribution in [0.25, 0.3) is 0 Å². The predicted molar refractivity (Wildman–Crippen MR) is 97.9 cm³/mol. The van der Waals surface area contributed by atoms with Gasteiger partial charge >= 0.3 is 0 Å². The first-order valence-corrected chi connectivity index (χ1v) is 8.56. The minimum absolute atomic E-state index is 0.0282. The van der Waals surface area contributed by atoms with Crippen molar-refractivity contribution in [1.82, 2.24) is 4.90 Å². The minimum Gasteiger partial charge on any atom is -0.330 e. The van der Waals surface area contributed by atoms with Crippen LogP contribution in [-0.4, -0.2) is 29.3 Å². The second kappa shape index (κ2) is 7.20. The average Bonchev–Trinajstić information content (AvgIpc) is 2.94. The van der Waals surface area contributed by atoms with Crippen molar-refractivity contribution in [3.05, 3.63) is 42.0 Å². The number of rotatable bonds is 5. The van der Waals surface area contributed by atoms with E-state index in [9.17, 15) is 9.59 Å². The number of hydrogen-bond donors (Lipinski definition) is 1. The molecule has 2 amide bonds. The third-order valence-electron chi connectivity index (χ3n) is 4.54. The van der Waals surface area contributed by atoms with Crippen molar-refractivity contribution in [2.24, 2.45) is 5.41 Å². The molecule has 1 atom stereocenters. The van der Waals surface area contributed by atoms with E-state index < -0.39 is 5.41 Å². The first-order valence-electron chi connectivity index (χ1n) is 8.56. The minimum atomic E-state index is -0.523. The topological polar surface area (TPSA) is 49.4 Å². The fourth-order valence-electron chi connectivity index (χ4n) is 3.39. The molecular weight excluding hydrogens is 300 g/mol. The number of nitrogens with one attached hydrogen (secondary N) is 1. The Morgan fingerprint density at radius 3 is 2.50 bits per heavy atom. The zero-order valence-corrected chi connectivity index (χ0v) is 15.2. The van der Waals surface area contributed by atoms with Gasteiger partial charge in [0.25, 0.3) is 0 Å². The lowest BCUT2D eigenvalue weighted by Gasteiger charge is -2.32. The summed E-state index contributed by atoms with van der Waals surface area (Å²) in [6.45, 7) is 12.2. The lowest BCUT2D eigenvalue weighted by atomic mass is 9.87. The van der Waals surface area contributed by atoms with Gasteiger partial charge in [0.15, 0.2) is 0 Å². The van der Waals surface area contributed by atoms with E-state index in [0.29, 0.717) is 19.4 Å². The predicted octanol–water partition coefficient (Wildman–Crippen LogP) is 3.84. The zero-order chi connectivity index (χ0) is 17.9. The number of hydrogen-bond acceptors (Lipinski definition) is 2. The van der Waals surface area contributed by atoms with Gasteiger partial charge in [-0.25, -0.2) is 0 Å². The van der Waals surface area contributed by atoms with E-state index in [4.69, 9.17) is 0 Å². The molecule has 1 aliphatic heterocycles. The van der Waals surface area contributed by atoms with Gasteiger partial charge in [-0.1, -0.05) is 26.0 Å². The molecule has 0 saturated carbocycles. The SMILES string of the molecule is C=CCC(C)(C)C(=O)N1CCC[C@H]1C(=O)Nc1cc(C)cc(C)c1. The van der Waals surface area contributed by atoms with Crippen molar-refractivity contribution in [2.45, 2.75) is 53.0 Å². The molecule has 1 aromatic rings. The number of aryl methyl sites for hydroxylation is 2. The number of nitrogens with zero attached hydrogens (tertiary/aromatic N) is 1. The molecule has 0 aromatic heterocycles. The van der Waals surface area contributed by atoms with Crippen molar-refractivity contribution >= 4 is 17.5 Å². The number of allylic oxidation sites excluding steroid dienone is 1. The van der Waals surface area contributed by atoms with Gasteiger partial charge in [-0.2, -0.15) is 0 Å². The molecular formula is C20H28N2O2. The van der Waals surface area contributed by atoms with Crippen LogP contribution in [0.1, 0.15) is 44.2 Å². The summed E-state index contributed by atoms with van der Waals surface area (Å²) < 4.78 is 0. The van der Waals surface area contributed by atoms with E-state index in [2.05, 4.69) is 18.0 Å². The third-order valence-corrected chi connectivity index (χ3v) is 4.54. The van der Waals surface area contributed by atoms with Gasteiger partial charge < -0.3 is 10.2 Å². The quantitative estimate of drug-likeness (QED) is 0.835. The molecule has 1 fully saturated rings. The van der Waals surface area contributed by atoms with Crippen LogP contribution in [0.5, 0.6) is 0 Å². The number of benzene rings is 1. The molecule has 0 unspecified atom stereocenters. The third kappa shape index (κ3) is 4.05. The summed E-state index contributed by atoms with van der Waals surface area (Å²) >= 11 is 0. The van der Waals surface area contributed by atoms with E-state index in [1.807, 2.05) is 39.8 Å². The van der Waals surface area contributed by atoms with E-state index >= 15 is 0 Å². The van der Waals surface area contributed by atoms with Crippen LogP contribution in [-0.2, 0) is 9.59 Å². The second-order valence-corrected chi connectivity index (χ2v) is 7.40. The molecule has 1 aliphatic rings. The van der Waals surface area contributed by atoms with Crippen LogP contribution in [0.4, 0.5) is 5.69 Å². The van der Waals surface area contributed by atoms with Gasteiger partial charge in [-0.15, -0.1) is 6.58 Å². The first kappa shape index (κ1) is 18.2. The van der Waals surface area contributed by atoms with E-state index in [-0.39, 0.29) is 17.9 Å². The Bertz CT molecular complexity index is 629. The number of likely N-dealkylation sites (tertiary alicyclic amines) is 1. The molecule has 0 radical (unpaired) electrons. The van der Waals surface area contributed by atoms with Crippen molar-refractivity contribution in [2.75, 3.05) is 11.9 Å². The molecule has 0 bridgehead atoms. The molecule has 1 saturated heterocycles. The standard InChI is InChI=1S/C20H28N2O2/c1-6-9-20(4,5)19(24)22-10-7-8-17(22)18(23)21-16-12-14(2)11-15(3)13-16/h6,11-13,17H,1,7-10H2,2-5H3,(H,21,23)/t17-/m0/s1. The van der Waals surface area contributed by atoms with E-state index in [1.165, 1.54) is 0 Å². The summed E-state index contributed by atoms with van der Waals surface area (Å²) in [6.07, 6.45) is 3.94. The van der Waals surface area contributed by atoms with Crippen LogP contribution in [0.2, 0.25) is 0 Å². The maximum Gasteiger partial charge on any atom is 0.247 e. The van der Waals surface area contributed by atoms with Crippen LogP contribution in [0, 0.1) is 19.3 Å². The fourth-order valence-corrected chi connectivity index (χ4v) is 3.39. The Kier molecular flexibility index (Phi) is 5.47. The molecule has 0 spiro atoms. The van der Waals surface area contributed by atoms with Gasteiger partial charge in [0, 0.05) is 17.6 Å². The van der Waals surface area contributed by atoms with Crippen LogP contribution < -0.4 is 5.32 Å². The molecule has 24 heavy (non-hydrogen) atoms. The maximum absolute atomic E-state index is 12.8. The summed E-state index contributed by atoms with van der Waals surface area (Å²) in [5.41, 5.74) is 2.49. The fraction of sp³-hybridized carbons (Fsp3) is 0.500. The van der Waals surface area contributed by atoms with E-state index in [1.54, 1.807) is 11.0 Å². The first-order chi connectivity index (χ1) is 11.2. The highest BCUT2D eigenvalue weighted by Gasteiger charge is 2.40. The van der Waals surface area contributed by atoms with Gasteiger partial charge in [-0.05, 0) is 56.4 Å². The highest BCUT2D eigenvalue weighted by Crippen LogP contribution is 2.29. The van der Waals surface area contributed by atoms with Gasteiger partial charge in [0.05, 0.1) is 0 Å². The van der Waals surface area contributed by atoms with Gasteiger partial charge in [0.2, 0.25) is 11.8 Å².